The predicted molar refractivity (Wildman–Crippen MR) is 62.1 cm³/mol. The minimum atomic E-state index is 0.0700. The van der Waals surface area contributed by atoms with Crippen LogP contribution in [0.25, 0.3) is 0 Å². The van der Waals surface area contributed by atoms with E-state index in [0.717, 1.165) is 18.0 Å². The van der Waals surface area contributed by atoms with Crippen molar-refractivity contribution in [1.82, 2.24) is 20.1 Å². The molecule has 1 aromatic heterocycles. The summed E-state index contributed by atoms with van der Waals surface area (Å²) < 4.78 is 1.86. The Hall–Kier alpha value is -1.30. The average Bonchev–Trinajstić information content (AvgIpc) is 2.95. The molecule has 0 atom stereocenters. The molecular formula is C10H14N4OS. The fourth-order valence-electron chi connectivity index (χ4n) is 1.25. The van der Waals surface area contributed by atoms with Gasteiger partial charge in [0.05, 0.1) is 5.75 Å². The Morgan fingerprint density at radius 1 is 1.75 bits per heavy atom. The van der Waals surface area contributed by atoms with Gasteiger partial charge in [-0.1, -0.05) is 17.8 Å². The third-order valence-electron chi connectivity index (χ3n) is 2.18. The zero-order valence-corrected chi connectivity index (χ0v) is 9.74. The monoisotopic (exact) mass is 238 g/mol. The average molecular weight is 238 g/mol. The van der Waals surface area contributed by atoms with Crippen molar-refractivity contribution >= 4 is 17.7 Å². The molecule has 0 aromatic carbocycles. The molecule has 1 fully saturated rings. The molecule has 0 radical (unpaired) electrons. The summed E-state index contributed by atoms with van der Waals surface area (Å²) in [6.45, 7) is 4.32. The van der Waals surface area contributed by atoms with E-state index in [1.54, 1.807) is 12.4 Å². The molecule has 2 rings (SSSR count). The Kier molecular flexibility index (Phi) is 3.61. The maximum Gasteiger partial charge on any atom is 0.230 e. The summed E-state index contributed by atoms with van der Waals surface area (Å²) in [6, 6.07) is 0.416. The second-order valence-corrected chi connectivity index (χ2v) is 4.63. The molecular weight excluding hydrogens is 224 g/mol. The van der Waals surface area contributed by atoms with Gasteiger partial charge in [0.15, 0.2) is 5.16 Å². The second-order valence-electron chi connectivity index (χ2n) is 3.69. The lowest BCUT2D eigenvalue weighted by atomic mass is 10.6. The first-order chi connectivity index (χ1) is 7.79. The molecule has 0 bridgehead atoms. The number of carbonyl (C=O) groups is 1. The third-order valence-corrected chi connectivity index (χ3v) is 3.16. The standard InChI is InChI=1S/C10H14N4OS/c1-2-5-14-7-11-13-10(14)16-6-9(15)12-8-3-4-8/h2,7-8H,1,3-6H2,(H,12,15). The topological polar surface area (TPSA) is 59.8 Å². The van der Waals surface area contributed by atoms with Crippen molar-refractivity contribution in [3.63, 3.8) is 0 Å². The van der Waals surface area contributed by atoms with E-state index < -0.39 is 0 Å². The van der Waals surface area contributed by atoms with Crippen LogP contribution in [0.3, 0.4) is 0 Å². The molecule has 1 heterocycles. The highest BCUT2D eigenvalue weighted by atomic mass is 32.2. The van der Waals surface area contributed by atoms with Crippen LogP contribution in [0.5, 0.6) is 0 Å². The Labute approximate surface area is 98.3 Å². The summed E-state index contributed by atoms with van der Waals surface area (Å²) in [6.07, 6.45) is 5.65. The van der Waals surface area contributed by atoms with Crippen LogP contribution >= 0.6 is 11.8 Å². The van der Waals surface area contributed by atoms with Crippen molar-refractivity contribution in [1.29, 1.82) is 0 Å². The molecule has 1 aliphatic carbocycles. The minimum Gasteiger partial charge on any atom is -0.353 e. The fraction of sp³-hybridized carbons (Fsp3) is 0.500. The highest BCUT2D eigenvalue weighted by molar-refractivity contribution is 7.99. The van der Waals surface area contributed by atoms with Gasteiger partial charge in [0, 0.05) is 12.6 Å². The fourth-order valence-corrected chi connectivity index (χ4v) is 1.98. The van der Waals surface area contributed by atoms with E-state index in [-0.39, 0.29) is 5.91 Å². The first kappa shape index (κ1) is 11.2. The van der Waals surface area contributed by atoms with Crippen LogP contribution < -0.4 is 5.32 Å². The molecule has 1 saturated carbocycles. The quantitative estimate of drug-likeness (QED) is 0.589. The first-order valence-electron chi connectivity index (χ1n) is 5.20. The van der Waals surface area contributed by atoms with Gasteiger partial charge in [-0.2, -0.15) is 0 Å². The maximum atomic E-state index is 11.4. The molecule has 0 unspecified atom stereocenters. The molecule has 0 spiro atoms. The van der Waals surface area contributed by atoms with E-state index in [9.17, 15) is 4.79 Å². The van der Waals surface area contributed by atoms with Crippen LogP contribution in [0, 0.1) is 0 Å². The van der Waals surface area contributed by atoms with Crippen LogP contribution in [0.1, 0.15) is 12.8 Å². The zero-order chi connectivity index (χ0) is 11.4. The summed E-state index contributed by atoms with van der Waals surface area (Å²) >= 11 is 1.40. The van der Waals surface area contributed by atoms with E-state index in [1.807, 2.05) is 4.57 Å². The molecule has 1 aromatic rings. The number of nitrogens with one attached hydrogen (secondary N) is 1. The predicted octanol–water partition coefficient (Wildman–Crippen LogP) is 0.835. The number of allylic oxidation sites excluding steroid dienone is 1. The van der Waals surface area contributed by atoms with E-state index in [1.165, 1.54) is 11.8 Å². The molecule has 86 valence electrons. The lowest BCUT2D eigenvalue weighted by Gasteiger charge is -2.03. The number of hydrogen-bond acceptors (Lipinski definition) is 4. The van der Waals surface area contributed by atoms with Crippen molar-refractivity contribution in [2.45, 2.75) is 30.6 Å². The second kappa shape index (κ2) is 5.16. The van der Waals surface area contributed by atoms with Crippen LogP contribution in [0.15, 0.2) is 24.1 Å². The summed E-state index contributed by atoms with van der Waals surface area (Å²) in [5.74, 6) is 0.465. The lowest BCUT2D eigenvalue weighted by Crippen LogP contribution is -2.27. The summed E-state index contributed by atoms with van der Waals surface area (Å²) in [5, 5.41) is 11.4. The third kappa shape index (κ3) is 3.10. The van der Waals surface area contributed by atoms with Crippen molar-refractivity contribution in [2.75, 3.05) is 5.75 Å². The van der Waals surface area contributed by atoms with E-state index in [0.29, 0.717) is 18.3 Å². The van der Waals surface area contributed by atoms with E-state index >= 15 is 0 Å². The van der Waals surface area contributed by atoms with Gasteiger partial charge in [-0.25, -0.2) is 0 Å². The van der Waals surface area contributed by atoms with Gasteiger partial charge < -0.3 is 9.88 Å². The largest absolute Gasteiger partial charge is 0.353 e. The molecule has 16 heavy (non-hydrogen) atoms. The van der Waals surface area contributed by atoms with E-state index in [2.05, 4.69) is 22.1 Å². The number of carbonyl (C=O) groups excluding carboxylic acids is 1. The minimum absolute atomic E-state index is 0.0700. The smallest absolute Gasteiger partial charge is 0.230 e. The molecule has 1 N–H and O–H groups in total. The lowest BCUT2D eigenvalue weighted by molar-refractivity contribution is -0.118. The summed E-state index contributed by atoms with van der Waals surface area (Å²) in [5.41, 5.74) is 0. The number of hydrogen-bond donors (Lipinski definition) is 1. The van der Waals surface area contributed by atoms with Gasteiger partial charge in [0.25, 0.3) is 0 Å². The van der Waals surface area contributed by atoms with Crippen LogP contribution in [0.4, 0.5) is 0 Å². The number of rotatable bonds is 6. The molecule has 0 aliphatic heterocycles. The molecule has 1 aliphatic rings. The first-order valence-corrected chi connectivity index (χ1v) is 6.19. The van der Waals surface area contributed by atoms with Crippen molar-refractivity contribution in [3.8, 4) is 0 Å². The molecule has 0 saturated heterocycles. The van der Waals surface area contributed by atoms with Gasteiger partial charge in [0.2, 0.25) is 5.91 Å². The number of nitrogens with zero attached hydrogens (tertiary/aromatic N) is 3. The van der Waals surface area contributed by atoms with Gasteiger partial charge in [-0.3, -0.25) is 4.79 Å². The maximum absolute atomic E-state index is 11.4. The van der Waals surface area contributed by atoms with Crippen molar-refractivity contribution in [2.24, 2.45) is 0 Å². The normalized spacial score (nSPS) is 14.8. The van der Waals surface area contributed by atoms with Crippen LogP contribution in [0.2, 0.25) is 0 Å². The van der Waals surface area contributed by atoms with Crippen molar-refractivity contribution < 1.29 is 4.79 Å². The highest BCUT2D eigenvalue weighted by Crippen LogP contribution is 2.19. The van der Waals surface area contributed by atoms with Crippen LogP contribution in [-0.2, 0) is 11.3 Å². The molecule has 5 nitrogen and oxygen atoms in total. The summed E-state index contributed by atoms with van der Waals surface area (Å²) in [4.78, 5) is 11.4. The SMILES string of the molecule is C=CCn1cnnc1SCC(=O)NC1CC1. The van der Waals surface area contributed by atoms with Gasteiger partial charge >= 0.3 is 0 Å². The Bertz CT molecular complexity index is 386. The van der Waals surface area contributed by atoms with Gasteiger partial charge in [0.1, 0.15) is 6.33 Å². The zero-order valence-electron chi connectivity index (χ0n) is 8.93. The molecule has 6 heteroatoms. The number of amides is 1. The number of aromatic nitrogens is 3. The Morgan fingerprint density at radius 2 is 2.56 bits per heavy atom. The highest BCUT2D eigenvalue weighted by Gasteiger charge is 2.23. The molecule has 1 amide bonds. The van der Waals surface area contributed by atoms with Crippen molar-refractivity contribution in [3.05, 3.63) is 19.0 Å². The van der Waals surface area contributed by atoms with Gasteiger partial charge in [-0.15, -0.1) is 16.8 Å². The summed E-state index contributed by atoms with van der Waals surface area (Å²) in [7, 11) is 0. The Balaban J connectivity index is 1.80. The van der Waals surface area contributed by atoms with Crippen LogP contribution in [-0.4, -0.2) is 32.5 Å². The van der Waals surface area contributed by atoms with E-state index in [4.69, 9.17) is 0 Å². The number of thioether (sulfide) groups is 1. The van der Waals surface area contributed by atoms with Gasteiger partial charge in [-0.05, 0) is 12.8 Å². The Morgan fingerprint density at radius 3 is 3.25 bits per heavy atom.